The van der Waals surface area contributed by atoms with Crippen LogP contribution in [-0.2, 0) is 14.3 Å². The van der Waals surface area contributed by atoms with Crippen LogP contribution in [0.4, 0.5) is 0 Å². The number of para-hydroxylation sites is 1. The maximum atomic E-state index is 14.0. The van der Waals surface area contributed by atoms with Crippen molar-refractivity contribution in [2.45, 2.75) is 25.4 Å². The molecule has 40 heavy (non-hydrogen) atoms. The van der Waals surface area contributed by atoms with Crippen LogP contribution in [0, 0.1) is 0 Å². The summed E-state index contributed by atoms with van der Waals surface area (Å²) in [5, 5.41) is 3.75. The Morgan fingerprint density at radius 2 is 1.57 bits per heavy atom. The van der Waals surface area contributed by atoms with E-state index in [9.17, 15) is 14.4 Å². The lowest BCUT2D eigenvalue weighted by Crippen LogP contribution is -2.36. The van der Waals surface area contributed by atoms with Gasteiger partial charge in [0.1, 0.15) is 18.3 Å². The third-order valence-electron chi connectivity index (χ3n) is 6.40. The van der Waals surface area contributed by atoms with Crippen molar-refractivity contribution in [3.8, 4) is 17.0 Å². The van der Waals surface area contributed by atoms with Gasteiger partial charge in [-0.05, 0) is 24.1 Å². The number of fused-ring (bicyclic) bond motifs is 1. The van der Waals surface area contributed by atoms with E-state index in [2.05, 4.69) is 10.1 Å². The number of esters is 1. The van der Waals surface area contributed by atoms with Crippen molar-refractivity contribution in [3.63, 3.8) is 0 Å². The Hall–Kier alpha value is -4.82. The molecule has 0 saturated heterocycles. The largest absolute Gasteiger partial charge is 0.488 e. The number of ketones is 1. The first kappa shape index (κ1) is 28.2. The molecule has 0 aliphatic heterocycles. The number of hydrogen-bond acceptors (Lipinski definition) is 7. The quantitative estimate of drug-likeness (QED) is 0.209. The van der Waals surface area contributed by atoms with Crippen molar-refractivity contribution in [2.24, 2.45) is 5.73 Å². The van der Waals surface area contributed by atoms with Crippen molar-refractivity contribution < 1.29 is 23.9 Å². The first-order valence-electron chi connectivity index (χ1n) is 12.9. The number of nitrogens with two attached hydrogens (primary N) is 1. The van der Waals surface area contributed by atoms with Crippen LogP contribution in [-0.4, -0.2) is 42.4 Å². The highest BCUT2D eigenvalue weighted by Crippen LogP contribution is 2.37. The molecule has 0 radical (unpaired) electrons. The minimum atomic E-state index is -1.10. The summed E-state index contributed by atoms with van der Waals surface area (Å²) in [5.74, 6) is -1.33. The van der Waals surface area contributed by atoms with Crippen LogP contribution in [0.15, 0.2) is 97.1 Å². The molecule has 4 aromatic rings. The van der Waals surface area contributed by atoms with Gasteiger partial charge in [0.2, 0.25) is 0 Å². The van der Waals surface area contributed by atoms with Crippen molar-refractivity contribution in [3.05, 3.63) is 108 Å². The van der Waals surface area contributed by atoms with Gasteiger partial charge in [-0.25, -0.2) is 9.78 Å². The summed E-state index contributed by atoms with van der Waals surface area (Å²) < 4.78 is 10.7. The molecular weight excluding hydrogens is 506 g/mol. The van der Waals surface area contributed by atoms with Gasteiger partial charge in [0.15, 0.2) is 11.5 Å². The van der Waals surface area contributed by atoms with Crippen LogP contribution < -0.4 is 15.8 Å². The Morgan fingerprint density at radius 3 is 2.25 bits per heavy atom. The van der Waals surface area contributed by atoms with E-state index in [0.29, 0.717) is 28.6 Å². The van der Waals surface area contributed by atoms with Crippen LogP contribution >= 0.6 is 0 Å². The van der Waals surface area contributed by atoms with Gasteiger partial charge >= 0.3 is 5.97 Å². The molecule has 0 bridgehead atoms. The smallest absolute Gasteiger partial charge is 0.330 e. The number of nitrogens with zero attached hydrogens (tertiary/aromatic N) is 1. The summed E-state index contributed by atoms with van der Waals surface area (Å²) in [6.45, 7) is 1.75. The first-order valence-corrected chi connectivity index (χ1v) is 12.9. The monoisotopic (exact) mass is 537 g/mol. The minimum Gasteiger partial charge on any atom is -0.488 e. The molecule has 4 rings (SSSR count). The number of aromatic nitrogens is 1. The first-order chi connectivity index (χ1) is 19.4. The van der Waals surface area contributed by atoms with E-state index < -0.39 is 17.8 Å². The third kappa shape index (κ3) is 6.59. The number of methoxy groups -OCH3 is 1. The van der Waals surface area contributed by atoms with Gasteiger partial charge < -0.3 is 20.5 Å². The van der Waals surface area contributed by atoms with Gasteiger partial charge in [-0.3, -0.25) is 9.59 Å². The van der Waals surface area contributed by atoms with E-state index in [1.54, 1.807) is 0 Å². The van der Waals surface area contributed by atoms with E-state index in [4.69, 9.17) is 15.5 Å². The second-order valence-corrected chi connectivity index (χ2v) is 9.07. The average molecular weight is 538 g/mol. The molecular formula is C32H31N3O5. The second-order valence-electron chi connectivity index (χ2n) is 9.07. The van der Waals surface area contributed by atoms with Gasteiger partial charge in [0, 0.05) is 17.0 Å². The van der Waals surface area contributed by atoms with Gasteiger partial charge in [0.25, 0.3) is 5.91 Å². The number of nitrogens with one attached hydrogen (secondary N) is 1. The maximum Gasteiger partial charge on any atom is 0.330 e. The number of carbonyl (C=O) groups excluding carboxylic acids is 3. The van der Waals surface area contributed by atoms with Crippen molar-refractivity contribution in [1.29, 1.82) is 0 Å². The predicted molar refractivity (Wildman–Crippen MR) is 154 cm³/mol. The Labute approximate surface area is 232 Å². The summed E-state index contributed by atoms with van der Waals surface area (Å²) in [7, 11) is 1.21. The highest BCUT2D eigenvalue weighted by molar-refractivity contribution is 6.10. The summed E-state index contributed by atoms with van der Waals surface area (Å²) in [6.07, 6.45) is 2.73. The van der Waals surface area contributed by atoms with E-state index in [0.717, 1.165) is 23.3 Å². The molecule has 1 aromatic heterocycles. The van der Waals surface area contributed by atoms with Crippen molar-refractivity contribution in [2.75, 3.05) is 13.7 Å². The summed E-state index contributed by atoms with van der Waals surface area (Å²) in [4.78, 5) is 42.8. The number of amides is 1. The van der Waals surface area contributed by atoms with E-state index >= 15 is 0 Å². The number of ether oxygens (including phenoxy) is 2. The Bertz CT molecular complexity index is 1520. The Morgan fingerprint density at radius 1 is 0.925 bits per heavy atom. The summed E-state index contributed by atoms with van der Waals surface area (Å²) in [6, 6.07) is 25.1. The fourth-order valence-corrected chi connectivity index (χ4v) is 4.29. The predicted octanol–water partition coefficient (Wildman–Crippen LogP) is 4.79. The van der Waals surface area contributed by atoms with Crippen LogP contribution in [0.2, 0.25) is 0 Å². The zero-order chi connectivity index (χ0) is 28.5. The zero-order valence-corrected chi connectivity index (χ0v) is 22.4. The van der Waals surface area contributed by atoms with E-state index in [1.165, 1.54) is 7.11 Å². The zero-order valence-electron chi connectivity index (χ0n) is 22.4. The van der Waals surface area contributed by atoms with Crippen LogP contribution in [0.1, 0.15) is 35.3 Å². The maximum absolute atomic E-state index is 14.0. The number of rotatable bonds is 11. The standard InChI is InChI=1S/C32H31N3O5/c1-3-25(21-12-6-4-7-13-21)35-32(38)29-23-16-10-11-17-26(23)34-30(22-14-8-5-9-15-22)31(29)40-20-24(33)27(36)18-19-28(37)39-2/h4-19,24-25H,3,20,33H2,1-2H3,(H,35,38)/t24?,25-/m0/s1. The lowest BCUT2D eigenvalue weighted by atomic mass is 10.00. The highest BCUT2D eigenvalue weighted by atomic mass is 16.5. The molecule has 8 heteroatoms. The number of benzene rings is 3. The molecule has 204 valence electrons. The second kappa shape index (κ2) is 13.3. The van der Waals surface area contributed by atoms with Crippen LogP contribution in [0.25, 0.3) is 22.2 Å². The fourth-order valence-electron chi connectivity index (χ4n) is 4.29. The molecule has 3 N–H and O–H groups in total. The third-order valence-corrected chi connectivity index (χ3v) is 6.40. The Balaban J connectivity index is 1.78. The molecule has 8 nitrogen and oxygen atoms in total. The van der Waals surface area contributed by atoms with Gasteiger partial charge in [-0.15, -0.1) is 0 Å². The molecule has 2 atom stereocenters. The molecule has 1 unspecified atom stereocenters. The SMILES string of the molecule is CC[C@H](NC(=O)c1c(OCC(N)C(=O)C=CC(=O)OC)c(-c2ccccc2)nc2ccccc12)c1ccccc1. The topological polar surface area (TPSA) is 121 Å². The molecule has 1 heterocycles. The lowest BCUT2D eigenvalue weighted by Gasteiger charge is -2.22. The number of pyridine rings is 1. The summed E-state index contributed by atoms with van der Waals surface area (Å²) >= 11 is 0. The van der Waals surface area contributed by atoms with Crippen molar-refractivity contribution >= 4 is 28.6 Å². The molecule has 0 spiro atoms. The van der Waals surface area contributed by atoms with Crippen LogP contribution in [0.5, 0.6) is 5.75 Å². The van der Waals surface area contributed by atoms with E-state index in [1.807, 2.05) is 91.9 Å². The van der Waals surface area contributed by atoms with E-state index in [-0.39, 0.29) is 24.3 Å². The molecule has 0 aliphatic carbocycles. The van der Waals surface area contributed by atoms with Crippen molar-refractivity contribution in [1.82, 2.24) is 10.3 Å². The van der Waals surface area contributed by atoms with Crippen LogP contribution in [0.3, 0.4) is 0 Å². The Kier molecular flexibility index (Phi) is 9.38. The summed E-state index contributed by atoms with van der Waals surface area (Å²) in [5.41, 5.74) is 9.17. The van der Waals surface area contributed by atoms with Gasteiger partial charge in [-0.2, -0.15) is 0 Å². The fraction of sp³-hybridized carbons (Fsp3) is 0.188. The minimum absolute atomic E-state index is 0.213. The van der Waals surface area contributed by atoms with Gasteiger partial charge in [-0.1, -0.05) is 85.8 Å². The highest BCUT2D eigenvalue weighted by Gasteiger charge is 2.26. The number of carbonyl (C=O) groups is 3. The molecule has 0 aliphatic rings. The average Bonchev–Trinajstić information content (AvgIpc) is 3.00. The number of hydrogen-bond donors (Lipinski definition) is 2. The van der Waals surface area contributed by atoms with Gasteiger partial charge in [0.05, 0.1) is 24.2 Å². The molecule has 1 amide bonds. The normalized spacial score (nSPS) is 12.6. The lowest BCUT2D eigenvalue weighted by molar-refractivity contribution is -0.135. The molecule has 3 aromatic carbocycles. The molecule has 0 fully saturated rings. The molecule has 0 saturated carbocycles.